The molecule has 2 fully saturated rings. The fourth-order valence-electron chi connectivity index (χ4n) is 3.58. The summed E-state index contributed by atoms with van der Waals surface area (Å²) >= 11 is 0. The van der Waals surface area contributed by atoms with Gasteiger partial charge in [0.25, 0.3) is 0 Å². The van der Waals surface area contributed by atoms with Gasteiger partial charge in [-0.05, 0) is 42.9 Å². The van der Waals surface area contributed by atoms with Crippen LogP contribution in [0.3, 0.4) is 0 Å². The largest absolute Gasteiger partial charge is 0.391 e. The van der Waals surface area contributed by atoms with Crippen LogP contribution in [-0.2, 0) is 6.54 Å². The third kappa shape index (κ3) is 4.92. The number of benzene rings is 1. The minimum atomic E-state index is -0.419. The normalized spacial score (nSPS) is 25.8. The number of urea groups is 1. The molecule has 2 N–H and O–H groups in total. The highest BCUT2D eigenvalue weighted by Crippen LogP contribution is 2.18. The van der Waals surface area contributed by atoms with Crippen molar-refractivity contribution in [1.82, 2.24) is 15.1 Å². The molecule has 2 atom stereocenters. The Morgan fingerprint density at radius 1 is 1.20 bits per heavy atom. The molecule has 2 unspecified atom stereocenters. The number of aliphatic hydroxyl groups excluding tert-OH is 1. The third-order valence-corrected chi connectivity index (χ3v) is 5.44. The molecule has 1 aromatic rings. The van der Waals surface area contributed by atoms with Crippen molar-refractivity contribution in [3.8, 4) is 0 Å². The van der Waals surface area contributed by atoms with Gasteiger partial charge >= 0.3 is 6.03 Å². The molecule has 6 heteroatoms. The summed E-state index contributed by atoms with van der Waals surface area (Å²) < 4.78 is 13.0. The first-order valence-corrected chi connectivity index (χ1v) is 9.21. The molecule has 25 heavy (non-hydrogen) atoms. The minimum absolute atomic E-state index is 0.0528. The van der Waals surface area contributed by atoms with Crippen LogP contribution >= 0.6 is 0 Å². The highest BCUT2D eigenvalue weighted by atomic mass is 19.1. The summed E-state index contributed by atoms with van der Waals surface area (Å²) in [6, 6.07) is 6.78. The first-order valence-electron chi connectivity index (χ1n) is 9.21. The second-order valence-corrected chi connectivity index (χ2v) is 7.41. The van der Waals surface area contributed by atoms with Gasteiger partial charge in [-0.15, -0.1) is 0 Å². The number of likely N-dealkylation sites (tertiary alicyclic amines) is 2. The van der Waals surface area contributed by atoms with Crippen molar-refractivity contribution in [1.29, 1.82) is 0 Å². The Morgan fingerprint density at radius 2 is 1.88 bits per heavy atom. The number of hydrogen-bond donors (Lipinski definition) is 2. The van der Waals surface area contributed by atoms with E-state index < -0.39 is 6.10 Å². The summed E-state index contributed by atoms with van der Waals surface area (Å²) in [6.45, 7) is 5.82. The van der Waals surface area contributed by atoms with Crippen LogP contribution in [0.25, 0.3) is 0 Å². The lowest BCUT2D eigenvalue weighted by Crippen LogP contribution is -2.53. The minimum Gasteiger partial charge on any atom is -0.391 e. The number of amides is 2. The molecular weight excluding hydrogens is 321 g/mol. The molecule has 5 nitrogen and oxygen atoms in total. The van der Waals surface area contributed by atoms with E-state index in [-0.39, 0.29) is 23.8 Å². The van der Waals surface area contributed by atoms with Crippen LogP contribution < -0.4 is 5.32 Å². The molecule has 2 aliphatic heterocycles. The SMILES string of the molecule is CC1CCN(C(=O)NC2CCN(Cc3ccc(F)cc3)CC2)CC1O. The number of hydrogen-bond acceptors (Lipinski definition) is 3. The molecule has 2 saturated heterocycles. The number of carbonyl (C=O) groups excluding carboxylic acids is 1. The van der Waals surface area contributed by atoms with Crippen LogP contribution in [0, 0.1) is 11.7 Å². The second kappa shape index (κ2) is 8.15. The van der Waals surface area contributed by atoms with Crippen molar-refractivity contribution in [2.24, 2.45) is 5.92 Å². The van der Waals surface area contributed by atoms with E-state index in [4.69, 9.17) is 0 Å². The maximum absolute atomic E-state index is 13.0. The summed E-state index contributed by atoms with van der Waals surface area (Å²) in [5.41, 5.74) is 1.11. The highest BCUT2D eigenvalue weighted by molar-refractivity contribution is 5.74. The topological polar surface area (TPSA) is 55.8 Å². The van der Waals surface area contributed by atoms with Gasteiger partial charge in [0.1, 0.15) is 5.82 Å². The lowest BCUT2D eigenvalue weighted by Gasteiger charge is -2.37. The molecular formula is C19H28FN3O2. The second-order valence-electron chi connectivity index (χ2n) is 7.41. The van der Waals surface area contributed by atoms with E-state index in [0.717, 1.165) is 44.5 Å². The molecule has 0 aromatic heterocycles. The molecule has 0 radical (unpaired) electrons. The van der Waals surface area contributed by atoms with Crippen molar-refractivity contribution in [3.63, 3.8) is 0 Å². The molecule has 2 amide bonds. The van der Waals surface area contributed by atoms with Crippen LogP contribution in [-0.4, -0.2) is 59.3 Å². The summed E-state index contributed by atoms with van der Waals surface area (Å²) in [5.74, 6) is 0.0566. The standard InChI is InChI=1S/C19H28FN3O2/c1-14-6-11-23(13-18(14)24)19(25)21-17-7-9-22(10-8-17)12-15-2-4-16(20)5-3-15/h2-5,14,17-18,24H,6-13H2,1H3,(H,21,25). The molecule has 2 heterocycles. The Balaban J connectivity index is 1.41. The number of piperidine rings is 2. The number of nitrogens with one attached hydrogen (secondary N) is 1. The lowest BCUT2D eigenvalue weighted by atomic mass is 9.96. The van der Waals surface area contributed by atoms with Gasteiger partial charge in [0.15, 0.2) is 0 Å². The first-order chi connectivity index (χ1) is 12.0. The lowest BCUT2D eigenvalue weighted by molar-refractivity contribution is 0.0423. The smallest absolute Gasteiger partial charge is 0.317 e. The zero-order valence-corrected chi connectivity index (χ0v) is 14.8. The van der Waals surface area contributed by atoms with Crippen LogP contribution in [0.2, 0.25) is 0 Å². The zero-order valence-electron chi connectivity index (χ0n) is 14.8. The summed E-state index contributed by atoms with van der Waals surface area (Å²) in [5, 5.41) is 13.1. The predicted octanol–water partition coefficient (Wildman–Crippen LogP) is 2.20. The molecule has 0 saturated carbocycles. The number of aliphatic hydroxyl groups is 1. The Hall–Kier alpha value is -1.66. The number of β-amino-alcohol motifs (C(OH)–C–C–N with tert-alkyl or cyclic N) is 1. The van der Waals surface area contributed by atoms with Crippen LogP contribution in [0.5, 0.6) is 0 Å². The number of nitrogens with zero attached hydrogens (tertiary/aromatic N) is 2. The Bertz CT molecular complexity index is 573. The quantitative estimate of drug-likeness (QED) is 0.880. The average Bonchev–Trinajstić information content (AvgIpc) is 2.61. The van der Waals surface area contributed by atoms with Gasteiger partial charge in [0, 0.05) is 38.8 Å². The molecule has 0 aliphatic carbocycles. The van der Waals surface area contributed by atoms with Crippen molar-refractivity contribution in [2.45, 2.75) is 44.9 Å². The van der Waals surface area contributed by atoms with E-state index in [9.17, 15) is 14.3 Å². The number of halogens is 1. The van der Waals surface area contributed by atoms with Gasteiger partial charge in [-0.3, -0.25) is 4.90 Å². The monoisotopic (exact) mass is 349 g/mol. The van der Waals surface area contributed by atoms with Gasteiger partial charge in [0.2, 0.25) is 0 Å². The van der Waals surface area contributed by atoms with Crippen molar-refractivity contribution >= 4 is 6.03 Å². The maximum Gasteiger partial charge on any atom is 0.317 e. The van der Waals surface area contributed by atoms with E-state index in [1.165, 1.54) is 12.1 Å². The fraction of sp³-hybridized carbons (Fsp3) is 0.632. The molecule has 0 spiro atoms. The Kier molecular flexibility index (Phi) is 5.91. The van der Waals surface area contributed by atoms with E-state index in [1.807, 2.05) is 19.1 Å². The van der Waals surface area contributed by atoms with Crippen LogP contribution in [0.4, 0.5) is 9.18 Å². The van der Waals surface area contributed by atoms with E-state index in [0.29, 0.717) is 13.1 Å². The van der Waals surface area contributed by atoms with Crippen LogP contribution in [0.15, 0.2) is 24.3 Å². The van der Waals surface area contributed by atoms with Crippen LogP contribution in [0.1, 0.15) is 31.7 Å². The Morgan fingerprint density at radius 3 is 2.52 bits per heavy atom. The van der Waals surface area contributed by atoms with Gasteiger partial charge in [-0.1, -0.05) is 19.1 Å². The number of rotatable bonds is 3. The summed E-state index contributed by atoms with van der Waals surface area (Å²) in [4.78, 5) is 16.4. The van der Waals surface area contributed by atoms with Crippen molar-refractivity contribution in [3.05, 3.63) is 35.6 Å². The zero-order chi connectivity index (χ0) is 17.8. The number of carbonyl (C=O) groups is 1. The van der Waals surface area contributed by atoms with E-state index >= 15 is 0 Å². The van der Waals surface area contributed by atoms with Gasteiger partial charge in [-0.25, -0.2) is 9.18 Å². The van der Waals surface area contributed by atoms with Gasteiger partial charge in [0.05, 0.1) is 6.10 Å². The summed E-state index contributed by atoms with van der Waals surface area (Å²) in [6.07, 6.45) is 2.27. The predicted molar refractivity (Wildman–Crippen MR) is 94.6 cm³/mol. The molecule has 3 rings (SSSR count). The summed E-state index contributed by atoms with van der Waals surface area (Å²) in [7, 11) is 0. The van der Waals surface area contributed by atoms with Gasteiger partial charge < -0.3 is 15.3 Å². The molecule has 138 valence electrons. The molecule has 1 aromatic carbocycles. The highest BCUT2D eigenvalue weighted by Gasteiger charge is 2.29. The first kappa shape index (κ1) is 18.1. The third-order valence-electron chi connectivity index (χ3n) is 5.44. The molecule has 0 bridgehead atoms. The average molecular weight is 349 g/mol. The maximum atomic E-state index is 13.0. The van der Waals surface area contributed by atoms with E-state index in [2.05, 4.69) is 10.2 Å². The van der Waals surface area contributed by atoms with E-state index in [1.54, 1.807) is 4.90 Å². The van der Waals surface area contributed by atoms with Crippen molar-refractivity contribution < 1.29 is 14.3 Å². The Labute approximate surface area is 148 Å². The fourth-order valence-corrected chi connectivity index (χ4v) is 3.58. The van der Waals surface area contributed by atoms with Gasteiger partial charge in [-0.2, -0.15) is 0 Å². The van der Waals surface area contributed by atoms with Crippen molar-refractivity contribution in [2.75, 3.05) is 26.2 Å². The molecule has 2 aliphatic rings.